The number of nitrogens with two attached hydrogens (primary N) is 1. The molecule has 0 aliphatic carbocycles. The molecule has 3 N–H and O–H groups in total. The van der Waals surface area contributed by atoms with Crippen LogP contribution in [0.1, 0.15) is 5.56 Å². The predicted octanol–water partition coefficient (Wildman–Crippen LogP) is 0.351. The molecule has 6 nitrogen and oxygen atoms in total. The molecule has 1 aliphatic rings. The zero-order chi connectivity index (χ0) is 14.2. The Kier molecular flexibility index (Phi) is 3.71. The number of carbonyl (C=O) groups is 1. The second kappa shape index (κ2) is 4.99. The highest BCUT2D eigenvalue weighted by atomic mass is 35.5. The van der Waals surface area contributed by atoms with Crippen LogP contribution in [-0.2, 0) is 14.8 Å². The molecule has 0 atom stereocenters. The monoisotopic (exact) mass is 303 g/mol. The Morgan fingerprint density at radius 3 is 2.74 bits per heavy atom. The van der Waals surface area contributed by atoms with E-state index < -0.39 is 10.0 Å². The fourth-order valence-electron chi connectivity index (χ4n) is 1.83. The van der Waals surface area contributed by atoms with Crippen molar-refractivity contribution in [3.63, 3.8) is 0 Å². The minimum absolute atomic E-state index is 0.0630. The summed E-state index contributed by atoms with van der Waals surface area (Å²) in [7, 11) is -3.80. The zero-order valence-corrected chi connectivity index (χ0v) is 11.9. The maximum atomic E-state index is 12.4. The molecule has 8 heteroatoms. The van der Waals surface area contributed by atoms with Gasteiger partial charge < -0.3 is 11.1 Å². The number of nitrogens with zero attached hydrogens (tertiary/aromatic N) is 1. The third kappa shape index (κ3) is 2.68. The van der Waals surface area contributed by atoms with Crippen LogP contribution in [0.25, 0.3) is 0 Å². The molecular formula is C11H14ClN3O3S. The Labute approximate surface area is 116 Å². The van der Waals surface area contributed by atoms with Crippen LogP contribution in [-0.4, -0.2) is 38.3 Å². The molecule has 0 unspecified atom stereocenters. The second-order valence-electron chi connectivity index (χ2n) is 4.33. The third-order valence-corrected chi connectivity index (χ3v) is 5.25. The molecule has 1 aromatic carbocycles. The van der Waals surface area contributed by atoms with Gasteiger partial charge in [0.2, 0.25) is 15.9 Å². The van der Waals surface area contributed by atoms with Crippen LogP contribution in [0, 0.1) is 6.92 Å². The van der Waals surface area contributed by atoms with E-state index in [0.29, 0.717) is 11.3 Å². The van der Waals surface area contributed by atoms with E-state index in [1.807, 2.05) is 0 Å². The van der Waals surface area contributed by atoms with Gasteiger partial charge in [-0.3, -0.25) is 4.79 Å². The van der Waals surface area contributed by atoms with Crippen molar-refractivity contribution in [2.75, 3.05) is 25.4 Å². The first-order valence-electron chi connectivity index (χ1n) is 5.65. The van der Waals surface area contributed by atoms with Crippen LogP contribution < -0.4 is 11.1 Å². The molecule has 0 radical (unpaired) electrons. The average molecular weight is 304 g/mol. The van der Waals surface area contributed by atoms with E-state index in [-0.39, 0.29) is 35.5 Å². The first-order chi connectivity index (χ1) is 8.82. The lowest BCUT2D eigenvalue weighted by Gasteiger charge is -2.26. The van der Waals surface area contributed by atoms with E-state index in [1.54, 1.807) is 6.92 Å². The quantitative estimate of drug-likeness (QED) is 0.771. The number of sulfonamides is 1. The molecule has 1 saturated heterocycles. The first kappa shape index (κ1) is 14.1. The van der Waals surface area contributed by atoms with Gasteiger partial charge in [0.1, 0.15) is 4.90 Å². The molecule has 104 valence electrons. The number of aryl methyl sites for hydroxylation is 1. The molecule has 0 aromatic heterocycles. The van der Waals surface area contributed by atoms with Crippen molar-refractivity contribution < 1.29 is 13.2 Å². The first-order valence-corrected chi connectivity index (χ1v) is 7.46. The van der Waals surface area contributed by atoms with E-state index in [9.17, 15) is 13.2 Å². The van der Waals surface area contributed by atoms with Gasteiger partial charge in [-0.1, -0.05) is 11.6 Å². The summed E-state index contributed by atoms with van der Waals surface area (Å²) in [5.41, 5.74) is 6.78. The highest BCUT2D eigenvalue weighted by molar-refractivity contribution is 7.89. The summed E-state index contributed by atoms with van der Waals surface area (Å²) >= 11 is 5.98. The van der Waals surface area contributed by atoms with Crippen LogP contribution in [0.3, 0.4) is 0 Å². The number of hydrogen-bond acceptors (Lipinski definition) is 4. The number of anilines is 1. The van der Waals surface area contributed by atoms with Crippen LogP contribution in [0.15, 0.2) is 17.0 Å². The van der Waals surface area contributed by atoms with Crippen molar-refractivity contribution in [1.29, 1.82) is 0 Å². The Balaban J connectivity index is 2.44. The molecule has 0 bridgehead atoms. The highest BCUT2D eigenvalue weighted by Crippen LogP contribution is 2.29. The highest BCUT2D eigenvalue weighted by Gasteiger charge is 2.31. The second-order valence-corrected chi connectivity index (χ2v) is 6.64. The van der Waals surface area contributed by atoms with Gasteiger partial charge >= 0.3 is 0 Å². The van der Waals surface area contributed by atoms with E-state index in [4.69, 9.17) is 17.3 Å². The van der Waals surface area contributed by atoms with Gasteiger partial charge in [0.25, 0.3) is 0 Å². The van der Waals surface area contributed by atoms with Gasteiger partial charge in [-0.2, -0.15) is 4.31 Å². The summed E-state index contributed by atoms with van der Waals surface area (Å²) < 4.78 is 25.9. The minimum Gasteiger partial charge on any atom is -0.398 e. The van der Waals surface area contributed by atoms with Crippen molar-refractivity contribution in [1.82, 2.24) is 9.62 Å². The lowest BCUT2D eigenvalue weighted by Crippen LogP contribution is -2.49. The lowest BCUT2D eigenvalue weighted by atomic mass is 10.2. The number of benzene rings is 1. The molecule has 1 fully saturated rings. The fourth-order valence-corrected chi connectivity index (χ4v) is 3.81. The van der Waals surface area contributed by atoms with Crippen molar-refractivity contribution >= 4 is 33.2 Å². The van der Waals surface area contributed by atoms with Crippen LogP contribution in [0.4, 0.5) is 5.69 Å². The Bertz CT molecular complexity index is 630. The fraction of sp³-hybridized carbons (Fsp3) is 0.364. The molecule has 1 aliphatic heterocycles. The smallest absolute Gasteiger partial charge is 0.245 e. The van der Waals surface area contributed by atoms with Crippen LogP contribution in [0.2, 0.25) is 5.02 Å². The minimum atomic E-state index is -3.80. The molecule has 1 amide bonds. The maximum Gasteiger partial charge on any atom is 0.245 e. The summed E-state index contributed by atoms with van der Waals surface area (Å²) in [5, 5.41) is 2.68. The van der Waals surface area contributed by atoms with E-state index >= 15 is 0 Å². The van der Waals surface area contributed by atoms with Gasteiger partial charge in [0, 0.05) is 18.8 Å². The Morgan fingerprint density at radius 2 is 2.11 bits per heavy atom. The number of rotatable bonds is 2. The number of nitrogen functional groups attached to an aromatic ring is 1. The predicted molar refractivity (Wildman–Crippen MR) is 72.4 cm³/mol. The van der Waals surface area contributed by atoms with Crippen molar-refractivity contribution in [3.8, 4) is 0 Å². The van der Waals surface area contributed by atoms with Crippen molar-refractivity contribution in [2.45, 2.75) is 11.8 Å². The Hall–Kier alpha value is -1.31. The zero-order valence-electron chi connectivity index (χ0n) is 10.3. The molecule has 2 rings (SSSR count). The van der Waals surface area contributed by atoms with Crippen LogP contribution >= 0.6 is 11.6 Å². The molecule has 19 heavy (non-hydrogen) atoms. The summed E-state index contributed by atoms with van der Waals surface area (Å²) in [5.74, 6) is -0.328. The lowest BCUT2D eigenvalue weighted by molar-refractivity contribution is -0.122. The summed E-state index contributed by atoms with van der Waals surface area (Å²) in [6, 6.07) is 2.84. The van der Waals surface area contributed by atoms with E-state index in [0.717, 1.165) is 4.31 Å². The molecule has 0 spiro atoms. The summed E-state index contributed by atoms with van der Waals surface area (Å²) in [6.07, 6.45) is 0. The molecule has 1 aromatic rings. The molecule has 0 saturated carbocycles. The number of carbonyl (C=O) groups excluding carboxylic acids is 1. The number of piperazine rings is 1. The summed E-state index contributed by atoms with van der Waals surface area (Å²) in [4.78, 5) is 11.2. The summed E-state index contributed by atoms with van der Waals surface area (Å²) in [6.45, 7) is 2.05. The number of halogens is 1. The normalized spacial score (nSPS) is 17.3. The average Bonchev–Trinajstić information content (AvgIpc) is 2.33. The standard InChI is InChI=1S/C11H14ClN3O3S/c1-7-4-8(12)10(5-9(7)13)19(17,18)15-3-2-14-11(16)6-15/h4-5H,2-3,6,13H2,1H3,(H,14,16). The van der Waals surface area contributed by atoms with Gasteiger partial charge in [-0.15, -0.1) is 0 Å². The maximum absolute atomic E-state index is 12.4. The molecule has 1 heterocycles. The topological polar surface area (TPSA) is 92.5 Å². The van der Waals surface area contributed by atoms with Gasteiger partial charge in [-0.25, -0.2) is 8.42 Å². The largest absolute Gasteiger partial charge is 0.398 e. The van der Waals surface area contributed by atoms with Crippen LogP contribution in [0.5, 0.6) is 0 Å². The number of nitrogens with one attached hydrogen (secondary N) is 1. The van der Waals surface area contributed by atoms with E-state index in [2.05, 4.69) is 5.32 Å². The van der Waals surface area contributed by atoms with Crippen molar-refractivity contribution in [2.24, 2.45) is 0 Å². The number of amides is 1. The third-order valence-electron chi connectivity index (χ3n) is 2.94. The van der Waals surface area contributed by atoms with E-state index in [1.165, 1.54) is 12.1 Å². The molecular weight excluding hydrogens is 290 g/mol. The van der Waals surface area contributed by atoms with Gasteiger partial charge in [0.15, 0.2) is 0 Å². The van der Waals surface area contributed by atoms with Crippen molar-refractivity contribution in [3.05, 3.63) is 22.7 Å². The number of hydrogen-bond donors (Lipinski definition) is 2. The van der Waals surface area contributed by atoms with Gasteiger partial charge in [-0.05, 0) is 24.6 Å². The Morgan fingerprint density at radius 1 is 1.42 bits per heavy atom. The van der Waals surface area contributed by atoms with Gasteiger partial charge in [0.05, 0.1) is 11.6 Å². The SMILES string of the molecule is Cc1cc(Cl)c(S(=O)(=O)N2CCNC(=O)C2)cc1N.